The summed E-state index contributed by atoms with van der Waals surface area (Å²) in [6, 6.07) is 6.72. The Balaban J connectivity index is 1.12. The Morgan fingerprint density at radius 1 is 1.04 bits per heavy atom. The highest BCUT2D eigenvalue weighted by molar-refractivity contribution is 6.03. The van der Waals surface area contributed by atoms with Crippen LogP contribution in [-0.2, 0) is 6.18 Å². The molecule has 7 rings (SSSR count). The van der Waals surface area contributed by atoms with E-state index in [2.05, 4.69) is 42.0 Å². The fraction of sp³-hybridized carbons (Fsp3) is 0.355. The number of nitrogen functional groups attached to an aromatic ring is 1. The summed E-state index contributed by atoms with van der Waals surface area (Å²) < 4.78 is 51.8. The molecule has 0 unspecified atom stereocenters. The lowest BCUT2D eigenvalue weighted by Crippen LogP contribution is -2.38. The van der Waals surface area contributed by atoms with Crippen molar-refractivity contribution in [2.24, 2.45) is 0 Å². The minimum atomic E-state index is -4.66. The quantitative estimate of drug-likeness (QED) is 0.198. The fourth-order valence-corrected chi connectivity index (χ4v) is 6.00. The standard InChI is InChI=1S/C31H32F3N9O2/c1-2-41-12-9-20(10-13-41)45-25-8-3-18(15-22(25)31(32,33)34)39-30(44)40-23-6-7-24(42-14-11-36-28(23)42)21-16-43(19-4-5-19)29-26(21)27(35)37-17-38-29/h3,6-8,11,14-17,19-20H,2,4-5,9-10,12-13H2,1H3,(H2,35,37,38)(H2,39,40,44). The molecule has 5 aromatic rings. The van der Waals surface area contributed by atoms with E-state index in [0.717, 1.165) is 60.8 Å². The van der Waals surface area contributed by atoms with Crippen molar-refractivity contribution in [3.05, 3.63) is 60.8 Å². The molecular formula is C31H32F3N9O2. The third kappa shape index (κ3) is 5.61. The molecule has 1 saturated carbocycles. The van der Waals surface area contributed by atoms with Gasteiger partial charge in [0.2, 0.25) is 0 Å². The second-order valence-electron chi connectivity index (χ2n) is 11.4. The maximum Gasteiger partial charge on any atom is 0.420 e. The average molecular weight is 620 g/mol. The van der Waals surface area contributed by atoms with Gasteiger partial charge in [0.1, 0.15) is 29.6 Å². The third-order valence-electron chi connectivity index (χ3n) is 8.47. The first-order chi connectivity index (χ1) is 21.7. The Labute approximate surface area is 256 Å². The van der Waals surface area contributed by atoms with Crippen molar-refractivity contribution < 1.29 is 22.7 Å². The van der Waals surface area contributed by atoms with Crippen LogP contribution in [0, 0.1) is 0 Å². The zero-order valence-electron chi connectivity index (χ0n) is 24.5. The van der Waals surface area contributed by atoms with Gasteiger partial charge in [-0.3, -0.25) is 4.40 Å². The van der Waals surface area contributed by atoms with E-state index in [1.165, 1.54) is 18.5 Å². The Morgan fingerprint density at radius 2 is 1.84 bits per heavy atom. The Morgan fingerprint density at radius 3 is 2.58 bits per heavy atom. The highest BCUT2D eigenvalue weighted by Gasteiger charge is 2.36. The van der Waals surface area contributed by atoms with Crippen LogP contribution in [0.3, 0.4) is 0 Å². The molecule has 14 heteroatoms. The lowest BCUT2D eigenvalue weighted by atomic mass is 10.1. The van der Waals surface area contributed by atoms with Crippen molar-refractivity contribution in [3.8, 4) is 17.0 Å². The largest absolute Gasteiger partial charge is 0.490 e. The molecule has 11 nitrogen and oxygen atoms in total. The van der Waals surface area contributed by atoms with Gasteiger partial charge >= 0.3 is 12.2 Å². The molecule has 0 radical (unpaired) electrons. The number of anilines is 3. The molecule has 45 heavy (non-hydrogen) atoms. The van der Waals surface area contributed by atoms with E-state index in [9.17, 15) is 18.0 Å². The number of imidazole rings is 1. The first-order valence-corrected chi connectivity index (χ1v) is 14.9. The van der Waals surface area contributed by atoms with Gasteiger partial charge < -0.3 is 30.6 Å². The monoisotopic (exact) mass is 619 g/mol. The van der Waals surface area contributed by atoms with Crippen molar-refractivity contribution in [2.75, 3.05) is 36.0 Å². The first kappa shape index (κ1) is 28.9. The highest BCUT2D eigenvalue weighted by atomic mass is 19.4. The molecule has 4 aromatic heterocycles. The van der Waals surface area contributed by atoms with Crippen molar-refractivity contribution in [3.63, 3.8) is 0 Å². The summed E-state index contributed by atoms with van der Waals surface area (Å²) in [7, 11) is 0. The lowest BCUT2D eigenvalue weighted by molar-refractivity contribution is -0.139. The van der Waals surface area contributed by atoms with E-state index in [0.29, 0.717) is 36.0 Å². The van der Waals surface area contributed by atoms with E-state index in [1.54, 1.807) is 18.5 Å². The number of halogens is 3. The van der Waals surface area contributed by atoms with Gasteiger partial charge in [-0.1, -0.05) is 6.92 Å². The van der Waals surface area contributed by atoms with Gasteiger partial charge in [0.05, 0.1) is 22.3 Å². The summed E-state index contributed by atoms with van der Waals surface area (Å²) in [4.78, 5) is 28.4. The topological polar surface area (TPSA) is 128 Å². The van der Waals surface area contributed by atoms with Gasteiger partial charge in [-0.15, -0.1) is 0 Å². The van der Waals surface area contributed by atoms with Crippen LogP contribution in [0.15, 0.2) is 55.2 Å². The molecule has 1 aliphatic heterocycles. The number of urea groups is 1. The van der Waals surface area contributed by atoms with Gasteiger partial charge in [0.25, 0.3) is 0 Å². The lowest BCUT2D eigenvalue weighted by Gasteiger charge is -2.31. The second-order valence-corrected chi connectivity index (χ2v) is 11.4. The number of carbonyl (C=O) groups excluding carboxylic acids is 1. The molecule has 0 spiro atoms. The number of ether oxygens (including phenoxy) is 1. The van der Waals surface area contributed by atoms with Crippen LogP contribution in [0.5, 0.6) is 5.75 Å². The summed E-state index contributed by atoms with van der Waals surface area (Å²) in [5, 5.41) is 5.98. The van der Waals surface area contributed by atoms with E-state index >= 15 is 0 Å². The second kappa shape index (κ2) is 11.3. The summed E-state index contributed by atoms with van der Waals surface area (Å²) in [5.41, 5.74) is 8.49. The van der Waals surface area contributed by atoms with Gasteiger partial charge in [-0.2, -0.15) is 13.2 Å². The summed E-state index contributed by atoms with van der Waals surface area (Å²) in [5.74, 6) is 0.118. The van der Waals surface area contributed by atoms with Crippen molar-refractivity contribution >= 4 is 39.9 Å². The summed E-state index contributed by atoms with van der Waals surface area (Å²) in [6.45, 7) is 4.51. The van der Waals surface area contributed by atoms with Gasteiger partial charge in [-0.05, 0) is 62.6 Å². The fourth-order valence-electron chi connectivity index (χ4n) is 6.00. The number of piperidine rings is 1. The number of nitrogens with two attached hydrogens (primary N) is 1. The maximum absolute atomic E-state index is 14.0. The van der Waals surface area contributed by atoms with Crippen LogP contribution < -0.4 is 21.1 Å². The van der Waals surface area contributed by atoms with Crippen LogP contribution in [-0.4, -0.2) is 60.6 Å². The van der Waals surface area contributed by atoms with Gasteiger partial charge in [-0.25, -0.2) is 19.7 Å². The van der Waals surface area contributed by atoms with Crippen molar-refractivity contribution in [1.29, 1.82) is 0 Å². The Bertz CT molecular complexity index is 1890. The number of hydrogen-bond acceptors (Lipinski definition) is 7. The first-order valence-electron chi connectivity index (χ1n) is 14.9. The van der Waals surface area contributed by atoms with Crippen LogP contribution in [0.4, 0.5) is 35.2 Å². The average Bonchev–Trinajstić information content (AvgIpc) is 3.59. The number of aromatic nitrogens is 5. The molecular weight excluding hydrogens is 587 g/mol. The molecule has 2 aliphatic rings. The minimum absolute atomic E-state index is 0.0210. The molecule has 4 N–H and O–H groups in total. The predicted molar refractivity (Wildman–Crippen MR) is 164 cm³/mol. The number of alkyl halides is 3. The SMILES string of the molecule is CCN1CCC(Oc2ccc(NC(=O)Nc3ccc(-c4cn(C5CC5)c5ncnc(N)c45)n4ccnc34)cc2C(F)(F)F)CC1. The van der Waals surface area contributed by atoms with E-state index in [1.807, 2.05) is 16.7 Å². The Kier molecular flexibility index (Phi) is 7.23. The number of amides is 2. The number of hydrogen-bond donors (Lipinski definition) is 3. The number of fused-ring (bicyclic) bond motifs is 2. The number of benzene rings is 1. The van der Waals surface area contributed by atoms with Crippen LogP contribution >= 0.6 is 0 Å². The maximum atomic E-state index is 14.0. The number of nitrogens with one attached hydrogen (secondary N) is 2. The van der Waals surface area contributed by atoms with E-state index in [-0.39, 0.29) is 17.5 Å². The molecule has 234 valence electrons. The third-order valence-corrected chi connectivity index (χ3v) is 8.47. The number of likely N-dealkylation sites (tertiary alicyclic amines) is 1. The predicted octanol–water partition coefficient (Wildman–Crippen LogP) is 6.19. The summed E-state index contributed by atoms with van der Waals surface area (Å²) >= 11 is 0. The molecule has 2 fully saturated rings. The zero-order chi connectivity index (χ0) is 31.3. The molecule has 2 amide bonds. The smallest absolute Gasteiger partial charge is 0.420 e. The number of nitrogens with zero attached hydrogens (tertiary/aromatic N) is 6. The van der Waals surface area contributed by atoms with Gasteiger partial charge in [0.15, 0.2) is 5.65 Å². The summed E-state index contributed by atoms with van der Waals surface area (Å²) in [6.07, 6.45) is 5.28. The molecule has 5 heterocycles. The van der Waals surface area contributed by atoms with Gasteiger partial charge in [0, 0.05) is 49.0 Å². The van der Waals surface area contributed by atoms with Crippen LogP contribution in [0.2, 0.25) is 0 Å². The number of rotatable bonds is 7. The number of pyridine rings is 1. The zero-order valence-corrected chi connectivity index (χ0v) is 24.5. The Hall–Kier alpha value is -4.85. The minimum Gasteiger partial charge on any atom is -0.490 e. The normalized spacial score (nSPS) is 16.4. The molecule has 1 aromatic carbocycles. The molecule has 1 saturated heterocycles. The van der Waals surface area contributed by atoms with E-state index in [4.69, 9.17) is 10.5 Å². The number of carbonyl (C=O) groups is 1. The molecule has 1 aliphatic carbocycles. The highest BCUT2D eigenvalue weighted by Crippen LogP contribution is 2.42. The van der Waals surface area contributed by atoms with Crippen molar-refractivity contribution in [1.82, 2.24) is 28.8 Å². The van der Waals surface area contributed by atoms with Crippen molar-refractivity contribution in [2.45, 2.75) is 50.9 Å². The van der Waals surface area contributed by atoms with Crippen LogP contribution in [0.1, 0.15) is 44.2 Å². The molecule has 0 atom stereocenters. The van der Waals surface area contributed by atoms with E-state index < -0.39 is 17.8 Å². The molecule has 0 bridgehead atoms. The van der Waals surface area contributed by atoms with Crippen LogP contribution in [0.25, 0.3) is 27.9 Å².